The van der Waals surface area contributed by atoms with Crippen molar-refractivity contribution in [3.63, 3.8) is 0 Å². The van der Waals surface area contributed by atoms with Crippen LogP contribution in [0.5, 0.6) is 11.5 Å². The minimum Gasteiger partial charge on any atom is -0.492 e. The molecule has 0 radical (unpaired) electrons. The molecule has 2 atom stereocenters. The Morgan fingerprint density at radius 3 is 2.55 bits per heavy atom. The summed E-state index contributed by atoms with van der Waals surface area (Å²) < 4.78 is 12.5. The number of hydrogen-bond donors (Lipinski definition) is 1. The Morgan fingerprint density at radius 2 is 1.95 bits per heavy atom. The lowest BCUT2D eigenvalue weighted by Crippen LogP contribution is -2.42. The van der Waals surface area contributed by atoms with Crippen molar-refractivity contribution in [3.05, 3.63) is 43.8 Å². The molecule has 0 saturated carbocycles. The molecule has 7 heteroatoms. The summed E-state index contributed by atoms with van der Waals surface area (Å²) in [5, 5.41) is 10.2. The van der Waals surface area contributed by atoms with Gasteiger partial charge in [0, 0.05) is 4.47 Å². The molecule has 3 nitrogen and oxygen atoms in total. The third kappa shape index (κ3) is 3.02. The van der Waals surface area contributed by atoms with Crippen molar-refractivity contribution in [2.45, 2.75) is 10.6 Å². The van der Waals surface area contributed by atoms with E-state index in [2.05, 4.69) is 63.7 Å². The van der Waals surface area contributed by atoms with E-state index in [-0.39, 0.29) is 0 Å². The molecule has 0 bridgehead atoms. The number of hydrogen-bond acceptors (Lipinski definition) is 3. The van der Waals surface area contributed by atoms with Crippen LogP contribution >= 0.6 is 63.7 Å². The number of halogens is 4. The van der Waals surface area contributed by atoms with Crippen LogP contribution in [0.15, 0.2) is 43.8 Å². The fourth-order valence-corrected chi connectivity index (χ4v) is 3.41. The second-order valence-corrected chi connectivity index (χ2v) is 7.66. The predicted octanol–water partition coefficient (Wildman–Crippen LogP) is 4.90. The molecule has 1 aromatic carbocycles. The monoisotopic (exact) mass is 530 g/mol. The molecule has 108 valence electrons. The molecule has 2 rings (SSSR count). The fraction of sp³-hybridized carbons (Fsp3) is 0.231. The lowest BCUT2D eigenvalue weighted by Gasteiger charge is -2.33. The van der Waals surface area contributed by atoms with E-state index in [1.165, 1.54) is 0 Å². The van der Waals surface area contributed by atoms with Gasteiger partial charge in [0.1, 0.15) is 6.10 Å². The smallest absolute Gasteiger partial charge is 0.224 e. The number of aliphatic hydroxyl groups excluding tert-OH is 1. The van der Waals surface area contributed by atoms with Gasteiger partial charge in [-0.25, -0.2) is 0 Å². The summed E-state index contributed by atoms with van der Waals surface area (Å²) >= 11 is 13.7. The first-order valence-corrected chi connectivity index (χ1v) is 8.69. The molecule has 0 spiro atoms. The quantitative estimate of drug-likeness (QED) is 0.562. The molecule has 0 amide bonds. The molecule has 20 heavy (non-hydrogen) atoms. The van der Waals surface area contributed by atoms with Gasteiger partial charge in [0.15, 0.2) is 11.5 Å². The molecule has 0 saturated heterocycles. The highest BCUT2D eigenvalue weighted by Gasteiger charge is 2.41. The topological polar surface area (TPSA) is 38.7 Å². The first kappa shape index (κ1) is 16.5. The molecule has 2 unspecified atom stereocenters. The van der Waals surface area contributed by atoms with E-state index in [4.69, 9.17) is 9.47 Å². The highest BCUT2D eigenvalue weighted by Crippen LogP contribution is 2.46. The van der Waals surface area contributed by atoms with Crippen molar-refractivity contribution in [1.82, 2.24) is 0 Å². The van der Waals surface area contributed by atoms with Gasteiger partial charge >= 0.3 is 0 Å². The van der Waals surface area contributed by atoms with Crippen molar-refractivity contribution in [2.24, 2.45) is 0 Å². The normalized spacial score (nSPS) is 25.3. The third-order valence-corrected chi connectivity index (χ3v) is 7.14. The number of ether oxygens (including phenoxy) is 2. The summed E-state index contributed by atoms with van der Waals surface area (Å²) in [6.45, 7) is 0. The second kappa shape index (κ2) is 6.52. The van der Waals surface area contributed by atoms with Crippen LogP contribution in [0.4, 0.5) is 0 Å². The average molecular weight is 534 g/mol. The number of aliphatic hydroxyl groups is 1. The molecule has 0 aromatic heterocycles. The zero-order valence-electron chi connectivity index (χ0n) is 10.2. The maximum absolute atomic E-state index is 10.2. The summed E-state index contributed by atoms with van der Waals surface area (Å²) in [5.74, 6) is 1.04. The Balaban J connectivity index is 2.42. The van der Waals surface area contributed by atoms with Crippen molar-refractivity contribution >= 4 is 63.7 Å². The van der Waals surface area contributed by atoms with Gasteiger partial charge in [-0.15, -0.1) is 0 Å². The number of benzene rings is 1. The average Bonchev–Trinajstić information content (AvgIpc) is 2.41. The van der Waals surface area contributed by atoms with Crippen LogP contribution in [0.2, 0.25) is 0 Å². The first-order valence-electron chi connectivity index (χ1n) is 5.52. The van der Waals surface area contributed by atoms with Crippen LogP contribution in [0, 0.1) is 0 Å². The van der Waals surface area contributed by atoms with E-state index in [0.29, 0.717) is 16.0 Å². The standard InChI is InChI=1S/C13H10Br4O3/c1-19-12-8(6-5-7(14)11(12)16)20-13(17)9(15)3-2-4-10(13)18/h2-6,10,18H,1H3. The zero-order valence-corrected chi connectivity index (χ0v) is 16.6. The van der Waals surface area contributed by atoms with Crippen molar-refractivity contribution in [1.29, 1.82) is 0 Å². The van der Waals surface area contributed by atoms with Crippen LogP contribution in [0.1, 0.15) is 0 Å². The fourth-order valence-electron chi connectivity index (χ4n) is 1.68. The maximum atomic E-state index is 10.2. The van der Waals surface area contributed by atoms with Crippen LogP contribution in [-0.4, -0.2) is 22.8 Å². The predicted molar refractivity (Wildman–Crippen MR) is 92.8 cm³/mol. The van der Waals surface area contributed by atoms with Crippen LogP contribution in [-0.2, 0) is 0 Å². The Labute approximate surface area is 150 Å². The van der Waals surface area contributed by atoms with Gasteiger partial charge in [-0.2, -0.15) is 0 Å². The minimum atomic E-state index is -1.08. The molecule has 1 aliphatic rings. The molecule has 1 aromatic rings. The summed E-state index contributed by atoms with van der Waals surface area (Å²) in [5.41, 5.74) is 0. The van der Waals surface area contributed by atoms with Gasteiger partial charge in [0.05, 0.1) is 16.1 Å². The Morgan fingerprint density at radius 1 is 1.25 bits per heavy atom. The molecular weight excluding hydrogens is 524 g/mol. The van der Waals surface area contributed by atoms with Gasteiger partial charge in [-0.05, 0) is 66.0 Å². The van der Waals surface area contributed by atoms with E-state index in [1.807, 2.05) is 12.1 Å². The van der Waals surface area contributed by atoms with Crippen LogP contribution < -0.4 is 9.47 Å². The highest BCUT2D eigenvalue weighted by atomic mass is 79.9. The summed E-state index contributed by atoms with van der Waals surface area (Å²) in [7, 11) is 1.56. The van der Waals surface area contributed by atoms with Gasteiger partial charge < -0.3 is 14.6 Å². The van der Waals surface area contributed by atoms with Gasteiger partial charge in [-0.1, -0.05) is 28.1 Å². The first-order chi connectivity index (χ1) is 9.40. The van der Waals surface area contributed by atoms with E-state index >= 15 is 0 Å². The van der Waals surface area contributed by atoms with Gasteiger partial charge in [0.2, 0.25) is 4.51 Å². The highest BCUT2D eigenvalue weighted by molar-refractivity contribution is 9.14. The van der Waals surface area contributed by atoms with E-state index < -0.39 is 10.6 Å². The van der Waals surface area contributed by atoms with Gasteiger partial charge in [0.25, 0.3) is 0 Å². The lowest BCUT2D eigenvalue weighted by molar-refractivity contribution is 0.0727. The van der Waals surface area contributed by atoms with Gasteiger partial charge in [-0.3, -0.25) is 0 Å². The SMILES string of the molecule is COc1c(OC2(Br)C(Br)=CC=CC2O)ccc(Br)c1Br. The van der Waals surface area contributed by atoms with E-state index in [1.54, 1.807) is 25.3 Å². The maximum Gasteiger partial charge on any atom is 0.224 e. The van der Waals surface area contributed by atoms with E-state index in [9.17, 15) is 5.11 Å². The van der Waals surface area contributed by atoms with E-state index in [0.717, 1.165) is 8.95 Å². The third-order valence-electron chi connectivity index (χ3n) is 2.72. The number of alkyl halides is 1. The Hall–Kier alpha value is 0.180. The molecule has 0 fully saturated rings. The Bertz CT molecular complexity index is 585. The van der Waals surface area contributed by atoms with Crippen molar-refractivity contribution < 1.29 is 14.6 Å². The largest absolute Gasteiger partial charge is 0.492 e. The van der Waals surface area contributed by atoms with Crippen LogP contribution in [0.3, 0.4) is 0 Å². The van der Waals surface area contributed by atoms with Crippen molar-refractivity contribution in [2.75, 3.05) is 7.11 Å². The molecule has 1 aliphatic carbocycles. The second-order valence-electron chi connectivity index (χ2n) is 3.98. The summed E-state index contributed by atoms with van der Waals surface area (Å²) in [6.07, 6.45) is 4.36. The lowest BCUT2D eigenvalue weighted by atomic mass is 10.1. The Kier molecular flexibility index (Phi) is 5.40. The summed E-state index contributed by atoms with van der Waals surface area (Å²) in [4.78, 5) is 0. The minimum absolute atomic E-state index is 0.499. The number of rotatable bonds is 3. The molecule has 1 N–H and O–H groups in total. The number of allylic oxidation sites excluding steroid dienone is 2. The molecule has 0 heterocycles. The number of methoxy groups -OCH3 is 1. The summed E-state index contributed by atoms with van der Waals surface area (Å²) in [6, 6.07) is 3.60. The van der Waals surface area contributed by atoms with Crippen molar-refractivity contribution in [3.8, 4) is 11.5 Å². The molecule has 0 aliphatic heterocycles. The van der Waals surface area contributed by atoms with Crippen LogP contribution in [0.25, 0.3) is 0 Å². The zero-order chi connectivity index (χ0) is 14.9. The molecular formula is C13H10Br4O3.